The van der Waals surface area contributed by atoms with Crippen molar-refractivity contribution in [2.45, 2.75) is 51.9 Å². The molecule has 3 N–H and O–H groups in total. The van der Waals surface area contributed by atoms with E-state index in [1.165, 1.54) is 50.7 Å². The van der Waals surface area contributed by atoms with Gasteiger partial charge in [-0.1, -0.05) is 69.4 Å². The van der Waals surface area contributed by atoms with Crippen molar-refractivity contribution in [3.8, 4) is 0 Å². The normalized spacial score (nSPS) is 11.8. The van der Waals surface area contributed by atoms with Crippen LogP contribution in [0.5, 0.6) is 0 Å². The van der Waals surface area contributed by atoms with Crippen LogP contribution in [0.25, 0.3) is 0 Å². The van der Waals surface area contributed by atoms with Gasteiger partial charge >= 0.3 is 5.95 Å². The number of unbranched alkanes of at least 4 members (excludes halogenated alkanes) is 6. The molecule has 0 aromatic heterocycles. The molecular weight excluding hydrogens is 240 g/mol. The fourth-order valence-corrected chi connectivity index (χ4v) is 1.57. The Labute approximate surface area is 116 Å². The molecule has 0 aromatic carbocycles. The van der Waals surface area contributed by atoms with Crippen molar-refractivity contribution < 1.29 is 15.3 Å². The summed E-state index contributed by atoms with van der Waals surface area (Å²) in [7, 11) is 0. The van der Waals surface area contributed by atoms with Gasteiger partial charge in [-0.2, -0.15) is 0 Å². The third-order valence-corrected chi connectivity index (χ3v) is 2.68. The molecule has 0 atom stereocenters. The predicted molar refractivity (Wildman–Crippen MR) is 80.3 cm³/mol. The molecule has 3 heteroatoms. The van der Waals surface area contributed by atoms with Gasteiger partial charge < -0.3 is 15.3 Å². The molecule has 0 amide bonds. The van der Waals surface area contributed by atoms with Crippen molar-refractivity contribution in [1.29, 1.82) is 0 Å². The van der Waals surface area contributed by atoms with Crippen LogP contribution in [0.4, 0.5) is 0 Å². The third kappa shape index (κ3) is 12.6. The minimum absolute atomic E-state index is 0.541. The van der Waals surface area contributed by atoms with Crippen LogP contribution in [0.3, 0.4) is 0 Å². The number of allylic oxidation sites excluding steroid dienone is 6. The van der Waals surface area contributed by atoms with Gasteiger partial charge in [-0.15, -0.1) is 0 Å². The summed E-state index contributed by atoms with van der Waals surface area (Å²) in [5.74, 6) is -1.61. The lowest BCUT2D eigenvalue weighted by molar-refractivity contribution is 0.163. The van der Waals surface area contributed by atoms with Gasteiger partial charge in [0, 0.05) is 0 Å². The number of aliphatic hydroxyl groups is 3. The van der Waals surface area contributed by atoms with Gasteiger partial charge in [0.1, 0.15) is 0 Å². The molecule has 0 fully saturated rings. The standard InChI is InChI=1S/C16H26O3/c1-2-3-4-5-6-7-8-9-10-11-12-13-14-15(17)16(18)19/h9-14,17-19H,2-8H2,1H3. The highest BCUT2D eigenvalue weighted by molar-refractivity contribution is 5.18. The second-order valence-electron chi connectivity index (χ2n) is 4.44. The molecular formula is C16H26O3. The van der Waals surface area contributed by atoms with Crippen LogP contribution < -0.4 is 0 Å². The molecule has 0 aliphatic rings. The first-order chi connectivity index (χ1) is 9.18. The minimum atomic E-state index is -1.07. The zero-order valence-electron chi connectivity index (χ0n) is 11.8. The summed E-state index contributed by atoms with van der Waals surface area (Å²) in [4.78, 5) is 0. The van der Waals surface area contributed by atoms with Gasteiger partial charge in [0.25, 0.3) is 0 Å². The second kappa shape index (κ2) is 12.8. The Morgan fingerprint density at radius 3 is 2.11 bits per heavy atom. The lowest BCUT2D eigenvalue weighted by atomic mass is 10.1. The fraction of sp³-hybridized carbons (Fsp3) is 0.500. The zero-order chi connectivity index (χ0) is 14.3. The molecule has 0 aliphatic carbocycles. The molecule has 19 heavy (non-hydrogen) atoms. The van der Waals surface area contributed by atoms with E-state index in [9.17, 15) is 0 Å². The van der Waals surface area contributed by atoms with E-state index in [2.05, 4.69) is 13.0 Å². The molecule has 0 aliphatic heterocycles. The van der Waals surface area contributed by atoms with Crippen molar-refractivity contribution in [2.24, 2.45) is 0 Å². The lowest BCUT2D eigenvalue weighted by Crippen LogP contribution is -1.83. The fourth-order valence-electron chi connectivity index (χ4n) is 1.57. The molecule has 0 rings (SSSR count). The minimum Gasteiger partial charge on any atom is -0.502 e. The Bertz CT molecular complexity index is 321. The van der Waals surface area contributed by atoms with E-state index in [1.807, 2.05) is 12.2 Å². The largest absolute Gasteiger partial charge is 0.502 e. The monoisotopic (exact) mass is 266 g/mol. The summed E-state index contributed by atoms with van der Waals surface area (Å²) < 4.78 is 0. The predicted octanol–water partition coefficient (Wildman–Crippen LogP) is 5.25. The van der Waals surface area contributed by atoms with E-state index in [4.69, 9.17) is 15.3 Å². The third-order valence-electron chi connectivity index (χ3n) is 2.68. The van der Waals surface area contributed by atoms with Gasteiger partial charge in [-0.05, 0) is 18.9 Å². The maximum atomic E-state index is 8.93. The van der Waals surface area contributed by atoms with E-state index >= 15 is 0 Å². The van der Waals surface area contributed by atoms with Crippen molar-refractivity contribution in [1.82, 2.24) is 0 Å². The first-order valence-corrected chi connectivity index (χ1v) is 6.99. The topological polar surface area (TPSA) is 60.7 Å². The average Bonchev–Trinajstić information content (AvgIpc) is 2.39. The molecule has 0 bridgehead atoms. The average molecular weight is 266 g/mol. The quantitative estimate of drug-likeness (QED) is 0.287. The molecule has 0 aromatic rings. The highest BCUT2D eigenvalue weighted by Gasteiger charge is 1.92. The summed E-state index contributed by atoms with van der Waals surface area (Å²) in [5.41, 5.74) is 0. The SMILES string of the molecule is CCCCCCCCC=CC=CC=CC(O)=C(O)O. The Hall–Kier alpha value is -1.64. The number of hydrogen-bond donors (Lipinski definition) is 3. The van der Waals surface area contributed by atoms with Crippen molar-refractivity contribution >= 4 is 0 Å². The Morgan fingerprint density at radius 2 is 1.42 bits per heavy atom. The first-order valence-electron chi connectivity index (χ1n) is 6.99. The molecule has 0 saturated heterocycles. The Morgan fingerprint density at radius 1 is 0.789 bits per heavy atom. The van der Waals surface area contributed by atoms with Gasteiger partial charge in [-0.25, -0.2) is 0 Å². The van der Waals surface area contributed by atoms with Crippen molar-refractivity contribution in [3.05, 3.63) is 48.2 Å². The highest BCUT2D eigenvalue weighted by Crippen LogP contribution is 2.07. The molecule has 0 heterocycles. The van der Waals surface area contributed by atoms with Gasteiger partial charge in [-0.3, -0.25) is 0 Å². The second-order valence-corrected chi connectivity index (χ2v) is 4.44. The maximum absolute atomic E-state index is 8.93. The van der Waals surface area contributed by atoms with Gasteiger partial charge in [0.2, 0.25) is 0 Å². The van der Waals surface area contributed by atoms with Crippen molar-refractivity contribution in [3.63, 3.8) is 0 Å². The van der Waals surface area contributed by atoms with Crippen LogP contribution in [-0.4, -0.2) is 15.3 Å². The van der Waals surface area contributed by atoms with Crippen LogP contribution in [0.2, 0.25) is 0 Å². The number of aliphatic hydroxyl groups excluding tert-OH is 2. The van der Waals surface area contributed by atoms with E-state index in [1.54, 1.807) is 6.08 Å². The molecule has 0 saturated carbocycles. The molecule has 0 spiro atoms. The first kappa shape index (κ1) is 17.4. The summed E-state index contributed by atoms with van der Waals surface area (Å²) >= 11 is 0. The summed E-state index contributed by atoms with van der Waals surface area (Å²) in [5, 5.41) is 25.9. The Kier molecular flexibility index (Phi) is 11.7. The zero-order valence-corrected chi connectivity index (χ0v) is 11.8. The maximum Gasteiger partial charge on any atom is 0.318 e. The van der Waals surface area contributed by atoms with E-state index in [0.717, 1.165) is 6.42 Å². The molecule has 0 radical (unpaired) electrons. The van der Waals surface area contributed by atoms with E-state index in [-0.39, 0.29) is 0 Å². The highest BCUT2D eigenvalue weighted by atomic mass is 16.5. The van der Waals surface area contributed by atoms with Crippen LogP contribution in [0.15, 0.2) is 48.2 Å². The summed E-state index contributed by atoms with van der Waals surface area (Å²) in [6.07, 6.45) is 19.3. The molecule has 108 valence electrons. The summed E-state index contributed by atoms with van der Waals surface area (Å²) in [6, 6.07) is 0. The van der Waals surface area contributed by atoms with Gasteiger partial charge in [0.05, 0.1) is 0 Å². The van der Waals surface area contributed by atoms with Crippen LogP contribution in [0, 0.1) is 0 Å². The van der Waals surface area contributed by atoms with Crippen LogP contribution >= 0.6 is 0 Å². The number of hydrogen-bond acceptors (Lipinski definition) is 3. The molecule has 0 unspecified atom stereocenters. The van der Waals surface area contributed by atoms with E-state index in [0.29, 0.717) is 0 Å². The Balaban J connectivity index is 3.55. The van der Waals surface area contributed by atoms with Crippen LogP contribution in [-0.2, 0) is 0 Å². The molecule has 3 nitrogen and oxygen atoms in total. The smallest absolute Gasteiger partial charge is 0.318 e. The van der Waals surface area contributed by atoms with Gasteiger partial charge in [0.15, 0.2) is 5.76 Å². The summed E-state index contributed by atoms with van der Waals surface area (Å²) in [6.45, 7) is 2.22. The van der Waals surface area contributed by atoms with E-state index < -0.39 is 11.7 Å². The van der Waals surface area contributed by atoms with Crippen molar-refractivity contribution in [2.75, 3.05) is 0 Å². The van der Waals surface area contributed by atoms with Crippen LogP contribution in [0.1, 0.15) is 51.9 Å². The number of rotatable bonds is 10. The lowest BCUT2D eigenvalue weighted by Gasteiger charge is -1.97.